The molecule has 0 saturated carbocycles. The Kier molecular flexibility index (Phi) is 8.00. The Hall–Kier alpha value is -1.99. The third-order valence-corrected chi connectivity index (χ3v) is 4.66. The fourth-order valence-electron chi connectivity index (χ4n) is 3.10. The first-order chi connectivity index (χ1) is 12.6. The highest BCUT2D eigenvalue weighted by Gasteiger charge is 2.30. The van der Waals surface area contributed by atoms with E-state index in [-0.39, 0.29) is 23.5 Å². The molecule has 0 spiro atoms. The highest BCUT2D eigenvalue weighted by atomic mass is 19.1. The van der Waals surface area contributed by atoms with Gasteiger partial charge in [0, 0.05) is 51.9 Å². The Bertz CT molecular complexity index is 578. The van der Waals surface area contributed by atoms with Crippen LogP contribution in [0.3, 0.4) is 0 Å². The lowest BCUT2D eigenvalue weighted by molar-refractivity contribution is -0.138. The molecule has 1 aliphatic heterocycles. The molecule has 1 aliphatic rings. The topological polar surface area (TPSA) is 59.1 Å². The predicted molar refractivity (Wildman–Crippen MR) is 95.4 cm³/mol. The van der Waals surface area contributed by atoms with Gasteiger partial charge in [0.05, 0.1) is 13.2 Å². The molecule has 0 radical (unpaired) electrons. The zero-order valence-electron chi connectivity index (χ0n) is 15.4. The van der Waals surface area contributed by atoms with Gasteiger partial charge in [-0.25, -0.2) is 4.39 Å². The van der Waals surface area contributed by atoms with E-state index in [2.05, 4.69) is 0 Å². The second-order valence-corrected chi connectivity index (χ2v) is 6.38. The quantitative estimate of drug-likeness (QED) is 0.704. The number of likely N-dealkylation sites (tertiary alicyclic amines) is 1. The summed E-state index contributed by atoms with van der Waals surface area (Å²) in [5, 5.41) is 0. The minimum absolute atomic E-state index is 0.0907. The van der Waals surface area contributed by atoms with Gasteiger partial charge >= 0.3 is 0 Å². The number of hydrogen-bond acceptors (Lipinski definition) is 4. The normalized spacial score (nSPS) is 15.1. The molecule has 0 unspecified atom stereocenters. The smallest absolute Gasteiger partial charge is 0.253 e. The summed E-state index contributed by atoms with van der Waals surface area (Å²) in [4.78, 5) is 28.7. The molecule has 2 amide bonds. The Labute approximate surface area is 153 Å². The summed E-state index contributed by atoms with van der Waals surface area (Å²) in [6, 6.07) is 5.55. The van der Waals surface area contributed by atoms with Crippen molar-refractivity contribution in [2.75, 3.05) is 53.6 Å². The second-order valence-electron chi connectivity index (χ2n) is 6.38. The van der Waals surface area contributed by atoms with E-state index >= 15 is 0 Å². The van der Waals surface area contributed by atoms with Crippen molar-refractivity contribution < 1.29 is 23.5 Å². The summed E-state index contributed by atoms with van der Waals surface area (Å²) in [7, 11) is 3.22. The Morgan fingerprint density at radius 3 is 2.12 bits per heavy atom. The van der Waals surface area contributed by atoms with Gasteiger partial charge in [-0.05, 0) is 37.1 Å². The van der Waals surface area contributed by atoms with Crippen LogP contribution in [-0.4, -0.2) is 75.2 Å². The average molecular weight is 366 g/mol. The lowest BCUT2D eigenvalue weighted by atomic mass is 9.94. The summed E-state index contributed by atoms with van der Waals surface area (Å²) in [6.45, 7) is 3.08. The maximum absolute atomic E-state index is 13.0. The maximum atomic E-state index is 13.0. The average Bonchev–Trinajstić information content (AvgIpc) is 2.68. The van der Waals surface area contributed by atoms with Crippen molar-refractivity contribution in [1.29, 1.82) is 0 Å². The van der Waals surface area contributed by atoms with E-state index in [1.807, 2.05) is 0 Å². The van der Waals surface area contributed by atoms with Crippen molar-refractivity contribution >= 4 is 11.8 Å². The van der Waals surface area contributed by atoms with Gasteiger partial charge < -0.3 is 19.3 Å². The van der Waals surface area contributed by atoms with E-state index in [9.17, 15) is 14.0 Å². The third kappa shape index (κ3) is 5.51. The van der Waals surface area contributed by atoms with Crippen LogP contribution in [0.5, 0.6) is 0 Å². The minimum atomic E-state index is -0.363. The molecule has 1 aromatic rings. The van der Waals surface area contributed by atoms with Crippen LogP contribution >= 0.6 is 0 Å². The van der Waals surface area contributed by atoms with Crippen molar-refractivity contribution in [3.05, 3.63) is 35.6 Å². The minimum Gasteiger partial charge on any atom is -0.383 e. The SMILES string of the molecule is COCCN(CCOC)C(=O)C1CCN(C(=O)c2ccc(F)cc2)CC1. The molecule has 0 bridgehead atoms. The first-order valence-corrected chi connectivity index (χ1v) is 8.88. The molecule has 1 heterocycles. The van der Waals surface area contributed by atoms with Crippen LogP contribution in [0.4, 0.5) is 4.39 Å². The lowest BCUT2D eigenvalue weighted by Crippen LogP contribution is -2.46. The summed E-state index contributed by atoms with van der Waals surface area (Å²) in [5.74, 6) is -0.487. The van der Waals surface area contributed by atoms with Crippen LogP contribution < -0.4 is 0 Å². The van der Waals surface area contributed by atoms with E-state index in [4.69, 9.17) is 9.47 Å². The standard InChI is InChI=1S/C19H27FN2O4/c1-25-13-11-22(12-14-26-2)19(24)16-7-9-21(10-8-16)18(23)15-3-5-17(20)6-4-15/h3-6,16H,7-14H2,1-2H3. The van der Waals surface area contributed by atoms with Crippen molar-refractivity contribution in [3.63, 3.8) is 0 Å². The molecule has 1 fully saturated rings. The number of benzene rings is 1. The number of carbonyl (C=O) groups excluding carboxylic acids is 2. The number of rotatable bonds is 8. The van der Waals surface area contributed by atoms with Crippen LogP contribution in [0.2, 0.25) is 0 Å². The Balaban J connectivity index is 1.90. The summed E-state index contributed by atoms with van der Waals surface area (Å²) < 4.78 is 23.2. The first-order valence-electron chi connectivity index (χ1n) is 8.88. The molecular weight excluding hydrogens is 339 g/mol. The molecule has 1 saturated heterocycles. The zero-order chi connectivity index (χ0) is 18.9. The van der Waals surface area contributed by atoms with Gasteiger partial charge in [-0.15, -0.1) is 0 Å². The van der Waals surface area contributed by atoms with Gasteiger partial charge in [-0.1, -0.05) is 0 Å². The highest BCUT2D eigenvalue weighted by Crippen LogP contribution is 2.21. The van der Waals surface area contributed by atoms with Crippen molar-refractivity contribution in [3.8, 4) is 0 Å². The molecule has 0 N–H and O–H groups in total. The number of piperidine rings is 1. The van der Waals surface area contributed by atoms with Gasteiger partial charge in [-0.2, -0.15) is 0 Å². The highest BCUT2D eigenvalue weighted by molar-refractivity contribution is 5.94. The lowest BCUT2D eigenvalue weighted by Gasteiger charge is -2.34. The number of carbonyl (C=O) groups is 2. The second kappa shape index (κ2) is 10.2. The van der Waals surface area contributed by atoms with E-state index in [0.29, 0.717) is 57.8 Å². The molecule has 144 valence electrons. The predicted octanol–water partition coefficient (Wildman–Crippen LogP) is 1.80. The number of halogens is 1. The number of amides is 2. The Morgan fingerprint density at radius 2 is 1.62 bits per heavy atom. The van der Waals surface area contributed by atoms with Gasteiger partial charge in [0.25, 0.3) is 5.91 Å². The van der Waals surface area contributed by atoms with Crippen LogP contribution in [0.1, 0.15) is 23.2 Å². The van der Waals surface area contributed by atoms with Gasteiger partial charge in [0.15, 0.2) is 0 Å². The van der Waals surface area contributed by atoms with Crippen molar-refractivity contribution in [1.82, 2.24) is 9.80 Å². The summed E-state index contributed by atoms with van der Waals surface area (Å²) in [6.07, 6.45) is 1.25. The summed E-state index contributed by atoms with van der Waals surface area (Å²) >= 11 is 0. The number of nitrogens with zero attached hydrogens (tertiary/aromatic N) is 2. The molecule has 0 aliphatic carbocycles. The van der Waals surface area contributed by atoms with E-state index < -0.39 is 0 Å². The molecule has 26 heavy (non-hydrogen) atoms. The van der Waals surface area contributed by atoms with Crippen molar-refractivity contribution in [2.24, 2.45) is 5.92 Å². The zero-order valence-corrected chi connectivity index (χ0v) is 15.4. The third-order valence-electron chi connectivity index (χ3n) is 4.66. The first kappa shape index (κ1) is 20.3. The van der Waals surface area contributed by atoms with Gasteiger partial charge in [0.2, 0.25) is 5.91 Å². The number of hydrogen-bond donors (Lipinski definition) is 0. The fourth-order valence-corrected chi connectivity index (χ4v) is 3.10. The number of methoxy groups -OCH3 is 2. The molecule has 0 atom stereocenters. The number of ether oxygens (including phenoxy) is 2. The van der Waals surface area contributed by atoms with Crippen LogP contribution in [0.25, 0.3) is 0 Å². The van der Waals surface area contributed by atoms with Crippen LogP contribution in [0, 0.1) is 11.7 Å². The van der Waals surface area contributed by atoms with Crippen LogP contribution in [0.15, 0.2) is 24.3 Å². The molecule has 0 aromatic heterocycles. The largest absolute Gasteiger partial charge is 0.383 e. The fraction of sp³-hybridized carbons (Fsp3) is 0.579. The summed E-state index contributed by atoms with van der Waals surface area (Å²) in [5.41, 5.74) is 0.470. The monoisotopic (exact) mass is 366 g/mol. The molecule has 7 heteroatoms. The van der Waals surface area contributed by atoms with Gasteiger partial charge in [0.1, 0.15) is 5.82 Å². The van der Waals surface area contributed by atoms with Crippen molar-refractivity contribution in [2.45, 2.75) is 12.8 Å². The van der Waals surface area contributed by atoms with Gasteiger partial charge in [-0.3, -0.25) is 9.59 Å². The van der Waals surface area contributed by atoms with E-state index in [1.54, 1.807) is 24.0 Å². The van der Waals surface area contributed by atoms with E-state index in [0.717, 1.165) is 0 Å². The molecule has 1 aromatic carbocycles. The maximum Gasteiger partial charge on any atom is 0.253 e. The molecule has 2 rings (SSSR count). The van der Waals surface area contributed by atoms with E-state index in [1.165, 1.54) is 24.3 Å². The molecule has 6 nitrogen and oxygen atoms in total. The van der Waals surface area contributed by atoms with Crippen LogP contribution in [-0.2, 0) is 14.3 Å². The molecular formula is C19H27FN2O4. The Morgan fingerprint density at radius 1 is 1.08 bits per heavy atom.